The highest BCUT2D eigenvalue weighted by Gasteiger charge is 2.67. The van der Waals surface area contributed by atoms with Gasteiger partial charge in [-0.05, 0) is 115 Å². The average Bonchev–Trinajstić information content (AvgIpc) is 3.00. The monoisotopic (exact) mass is 372 g/mol. The van der Waals surface area contributed by atoms with Gasteiger partial charge in [-0.1, -0.05) is 55.4 Å². The molecule has 0 nitrogen and oxygen atoms in total. The molecule has 0 saturated heterocycles. The zero-order chi connectivity index (χ0) is 19.7. The minimum absolute atomic E-state index is 0.522. The van der Waals surface area contributed by atoms with Gasteiger partial charge in [0.05, 0.1) is 0 Å². The SMILES string of the molecule is CC1CC(C)CC(C2C(C3CC(C)CC(C)C3)C3CC2C(C)(C)C3(C)C)C1. The third-order valence-electron chi connectivity index (χ3n) is 10.9. The van der Waals surface area contributed by atoms with Crippen molar-refractivity contribution in [2.24, 2.45) is 70.0 Å². The molecule has 8 atom stereocenters. The number of hydrogen-bond acceptors (Lipinski definition) is 0. The van der Waals surface area contributed by atoms with Crippen LogP contribution in [0.4, 0.5) is 0 Å². The highest BCUT2D eigenvalue weighted by Crippen LogP contribution is 2.73. The third kappa shape index (κ3) is 3.15. The van der Waals surface area contributed by atoms with E-state index in [1.165, 1.54) is 38.5 Å². The van der Waals surface area contributed by atoms with Gasteiger partial charge in [-0.25, -0.2) is 0 Å². The van der Waals surface area contributed by atoms with Crippen molar-refractivity contribution in [3.63, 3.8) is 0 Å². The fourth-order valence-electron chi connectivity index (χ4n) is 9.56. The second-order valence-corrected chi connectivity index (χ2v) is 13.4. The van der Waals surface area contributed by atoms with Crippen molar-refractivity contribution in [1.82, 2.24) is 0 Å². The summed E-state index contributed by atoms with van der Waals surface area (Å²) in [7, 11) is 0. The Bertz CT molecular complexity index is 474. The van der Waals surface area contributed by atoms with Crippen molar-refractivity contribution in [3.05, 3.63) is 0 Å². The lowest BCUT2D eigenvalue weighted by molar-refractivity contribution is -0.0899. The van der Waals surface area contributed by atoms with E-state index in [1.54, 1.807) is 6.42 Å². The van der Waals surface area contributed by atoms with E-state index in [1.807, 2.05) is 0 Å². The van der Waals surface area contributed by atoms with E-state index in [0.29, 0.717) is 10.8 Å². The highest BCUT2D eigenvalue weighted by atomic mass is 14.7. The Kier molecular flexibility index (Phi) is 5.08. The van der Waals surface area contributed by atoms with Crippen LogP contribution < -0.4 is 0 Å². The maximum atomic E-state index is 2.64. The number of fused-ring (bicyclic) bond motifs is 2. The van der Waals surface area contributed by atoms with E-state index in [9.17, 15) is 0 Å². The Labute approximate surface area is 170 Å². The van der Waals surface area contributed by atoms with E-state index in [2.05, 4.69) is 55.4 Å². The van der Waals surface area contributed by atoms with Crippen LogP contribution in [0.25, 0.3) is 0 Å². The topological polar surface area (TPSA) is 0 Å². The Balaban J connectivity index is 1.68. The van der Waals surface area contributed by atoms with Crippen LogP contribution in [0.1, 0.15) is 100 Å². The Morgan fingerprint density at radius 2 is 0.741 bits per heavy atom. The van der Waals surface area contributed by atoms with Gasteiger partial charge in [-0.2, -0.15) is 0 Å². The van der Waals surface area contributed by atoms with Gasteiger partial charge in [0.2, 0.25) is 0 Å². The lowest BCUT2D eigenvalue weighted by atomic mass is 9.48. The summed E-state index contributed by atoms with van der Waals surface area (Å²) in [5.74, 6) is 9.90. The predicted molar refractivity (Wildman–Crippen MR) is 117 cm³/mol. The second kappa shape index (κ2) is 6.77. The molecular weight excluding hydrogens is 324 g/mol. The molecule has 4 saturated carbocycles. The molecule has 0 amide bonds. The standard InChI is InChI=1S/C27H48/c1-16-9-17(2)12-20(11-16)24-22-15-23(27(7,8)26(22,5)6)25(24)21-13-18(3)10-19(4)14-21/h16-25H,9-15H2,1-8H3. The molecule has 0 aromatic carbocycles. The van der Waals surface area contributed by atoms with Crippen LogP contribution in [-0.2, 0) is 0 Å². The highest BCUT2D eigenvalue weighted by molar-refractivity contribution is 5.15. The van der Waals surface area contributed by atoms with Crippen LogP contribution in [0.15, 0.2) is 0 Å². The van der Waals surface area contributed by atoms with Gasteiger partial charge in [-0.3, -0.25) is 0 Å². The van der Waals surface area contributed by atoms with Crippen LogP contribution in [0.2, 0.25) is 0 Å². The fraction of sp³-hybridized carbons (Fsp3) is 1.00. The van der Waals surface area contributed by atoms with Gasteiger partial charge in [0.15, 0.2) is 0 Å². The molecule has 4 aliphatic rings. The molecule has 0 aromatic heterocycles. The van der Waals surface area contributed by atoms with Crippen molar-refractivity contribution in [2.45, 2.75) is 100 Å². The Morgan fingerprint density at radius 3 is 1.04 bits per heavy atom. The van der Waals surface area contributed by atoms with Crippen molar-refractivity contribution in [3.8, 4) is 0 Å². The van der Waals surface area contributed by atoms with Crippen molar-refractivity contribution >= 4 is 0 Å². The zero-order valence-corrected chi connectivity index (χ0v) is 19.7. The van der Waals surface area contributed by atoms with Gasteiger partial charge >= 0.3 is 0 Å². The molecule has 156 valence electrons. The Morgan fingerprint density at radius 1 is 0.444 bits per heavy atom. The molecule has 4 aliphatic carbocycles. The second-order valence-electron chi connectivity index (χ2n) is 13.4. The minimum atomic E-state index is 0.522. The molecule has 0 aromatic rings. The molecule has 0 aliphatic heterocycles. The average molecular weight is 373 g/mol. The quantitative estimate of drug-likeness (QED) is 0.459. The van der Waals surface area contributed by atoms with E-state index in [4.69, 9.17) is 0 Å². The number of hydrogen-bond donors (Lipinski definition) is 0. The van der Waals surface area contributed by atoms with E-state index in [-0.39, 0.29) is 0 Å². The van der Waals surface area contributed by atoms with Gasteiger partial charge < -0.3 is 0 Å². The molecule has 27 heavy (non-hydrogen) atoms. The van der Waals surface area contributed by atoms with Crippen LogP contribution in [0.3, 0.4) is 0 Å². The van der Waals surface area contributed by atoms with E-state index >= 15 is 0 Å². The van der Waals surface area contributed by atoms with Crippen LogP contribution in [-0.4, -0.2) is 0 Å². The maximum Gasteiger partial charge on any atom is -0.0269 e. The van der Waals surface area contributed by atoms with Gasteiger partial charge in [-0.15, -0.1) is 0 Å². The summed E-state index contributed by atoms with van der Waals surface area (Å²) >= 11 is 0. The molecule has 0 heterocycles. The van der Waals surface area contributed by atoms with Crippen molar-refractivity contribution in [2.75, 3.05) is 0 Å². The van der Waals surface area contributed by atoms with Gasteiger partial charge in [0.1, 0.15) is 0 Å². The minimum Gasteiger partial charge on any atom is -0.0625 e. The summed E-state index contributed by atoms with van der Waals surface area (Å²) in [4.78, 5) is 0. The van der Waals surface area contributed by atoms with Crippen LogP contribution in [0.5, 0.6) is 0 Å². The molecule has 0 radical (unpaired) electrons. The summed E-state index contributed by atoms with van der Waals surface area (Å²) in [6, 6.07) is 0. The maximum absolute atomic E-state index is 2.64. The summed E-state index contributed by atoms with van der Waals surface area (Å²) in [5, 5.41) is 0. The largest absolute Gasteiger partial charge is 0.0625 e. The third-order valence-corrected chi connectivity index (χ3v) is 10.9. The van der Waals surface area contributed by atoms with Crippen LogP contribution >= 0.6 is 0 Å². The molecule has 4 fully saturated rings. The molecule has 0 spiro atoms. The first kappa shape index (κ1) is 20.3. The lowest BCUT2D eigenvalue weighted by Gasteiger charge is -2.57. The summed E-state index contributed by atoms with van der Waals surface area (Å²) in [6.07, 6.45) is 10.6. The van der Waals surface area contributed by atoms with Gasteiger partial charge in [0, 0.05) is 0 Å². The molecule has 2 bridgehead atoms. The van der Waals surface area contributed by atoms with E-state index < -0.39 is 0 Å². The molecule has 0 heteroatoms. The summed E-state index contributed by atoms with van der Waals surface area (Å²) in [5.41, 5.74) is 1.04. The molecule has 4 rings (SSSR count). The van der Waals surface area contributed by atoms with E-state index in [0.717, 1.165) is 59.2 Å². The smallest absolute Gasteiger partial charge is 0.0269 e. The molecular formula is C27H48. The van der Waals surface area contributed by atoms with Crippen molar-refractivity contribution in [1.29, 1.82) is 0 Å². The Hall–Kier alpha value is 0. The first-order chi connectivity index (χ1) is 12.5. The normalized spacial score (nSPS) is 54.2. The predicted octanol–water partition coefficient (Wildman–Crippen LogP) is 8.07. The zero-order valence-electron chi connectivity index (χ0n) is 19.7. The summed E-state index contributed by atoms with van der Waals surface area (Å²) in [6.45, 7) is 20.8. The molecule has 0 N–H and O–H groups in total. The van der Waals surface area contributed by atoms with Crippen molar-refractivity contribution < 1.29 is 0 Å². The summed E-state index contributed by atoms with van der Waals surface area (Å²) < 4.78 is 0. The van der Waals surface area contributed by atoms with Gasteiger partial charge in [0.25, 0.3) is 0 Å². The lowest BCUT2D eigenvalue weighted by Crippen LogP contribution is -2.51. The number of rotatable bonds is 2. The first-order valence-corrected chi connectivity index (χ1v) is 12.5. The van der Waals surface area contributed by atoms with Crippen LogP contribution in [0, 0.1) is 70.0 Å². The first-order valence-electron chi connectivity index (χ1n) is 12.5. The molecule has 8 unspecified atom stereocenters. The fourth-order valence-corrected chi connectivity index (χ4v) is 9.56.